The van der Waals surface area contributed by atoms with Gasteiger partial charge in [0.1, 0.15) is 0 Å². The molecule has 132 valence electrons. The van der Waals surface area contributed by atoms with E-state index in [2.05, 4.69) is 17.6 Å². The van der Waals surface area contributed by atoms with Crippen molar-refractivity contribution in [1.82, 2.24) is 10.2 Å². The topological polar surface area (TPSA) is 44.4 Å². The van der Waals surface area contributed by atoms with E-state index in [9.17, 15) is 4.79 Å². The summed E-state index contributed by atoms with van der Waals surface area (Å²) in [5.74, 6) is 0.706. The zero-order chi connectivity index (χ0) is 17.5. The Balaban J connectivity index is 1.98. The second kappa shape index (κ2) is 9.02. The molecule has 0 spiro atoms. The predicted octanol–water partition coefficient (Wildman–Crippen LogP) is 4.03. The van der Waals surface area contributed by atoms with Crippen LogP contribution < -0.4 is 10.6 Å². The molecule has 1 aliphatic rings. The molecule has 1 aliphatic carbocycles. The first-order chi connectivity index (χ1) is 11.5. The van der Waals surface area contributed by atoms with E-state index in [1.807, 2.05) is 43.0 Å². The lowest BCUT2D eigenvalue weighted by Gasteiger charge is -2.30. The van der Waals surface area contributed by atoms with Crippen LogP contribution in [-0.4, -0.2) is 35.1 Å². The number of carbonyl (C=O) groups excluding carboxylic acids is 1. The SMILES string of the molecule is CCN(CC)C(=O)c1cccc(NC(=S)N[C@H]2CCCC[C@H]2C)c1. The molecule has 4 nitrogen and oxygen atoms in total. The van der Waals surface area contributed by atoms with Crippen LogP contribution in [0.2, 0.25) is 0 Å². The van der Waals surface area contributed by atoms with E-state index in [-0.39, 0.29) is 5.91 Å². The first-order valence-corrected chi connectivity index (χ1v) is 9.42. The van der Waals surface area contributed by atoms with Gasteiger partial charge in [0.25, 0.3) is 5.91 Å². The van der Waals surface area contributed by atoms with Crippen molar-refractivity contribution in [2.75, 3.05) is 18.4 Å². The van der Waals surface area contributed by atoms with Crippen LogP contribution >= 0.6 is 12.2 Å². The van der Waals surface area contributed by atoms with Crippen LogP contribution in [0.3, 0.4) is 0 Å². The van der Waals surface area contributed by atoms with Gasteiger partial charge in [0.15, 0.2) is 5.11 Å². The summed E-state index contributed by atoms with van der Waals surface area (Å²) in [5.41, 5.74) is 1.55. The van der Waals surface area contributed by atoms with Crippen LogP contribution in [0.4, 0.5) is 5.69 Å². The third kappa shape index (κ3) is 4.94. The maximum atomic E-state index is 12.5. The molecule has 2 N–H and O–H groups in total. The molecule has 0 unspecified atom stereocenters. The smallest absolute Gasteiger partial charge is 0.253 e. The average Bonchev–Trinajstić information content (AvgIpc) is 2.58. The Bertz CT molecular complexity index is 571. The van der Waals surface area contributed by atoms with Crippen molar-refractivity contribution in [2.24, 2.45) is 5.92 Å². The van der Waals surface area contributed by atoms with Crippen LogP contribution in [0.5, 0.6) is 0 Å². The van der Waals surface area contributed by atoms with Gasteiger partial charge in [-0.3, -0.25) is 4.79 Å². The molecule has 24 heavy (non-hydrogen) atoms. The number of thiocarbonyl (C=S) groups is 1. The molecule has 0 aliphatic heterocycles. The van der Waals surface area contributed by atoms with Gasteiger partial charge >= 0.3 is 0 Å². The van der Waals surface area contributed by atoms with E-state index in [4.69, 9.17) is 12.2 Å². The fourth-order valence-electron chi connectivity index (χ4n) is 3.29. The lowest BCUT2D eigenvalue weighted by Crippen LogP contribution is -2.43. The number of carbonyl (C=O) groups is 1. The molecule has 0 saturated heterocycles. The number of rotatable bonds is 5. The molecular weight excluding hydrogens is 318 g/mol. The van der Waals surface area contributed by atoms with Gasteiger partial charge in [-0.05, 0) is 63.0 Å². The maximum absolute atomic E-state index is 12.5. The zero-order valence-corrected chi connectivity index (χ0v) is 15.8. The lowest BCUT2D eigenvalue weighted by atomic mass is 9.86. The summed E-state index contributed by atoms with van der Waals surface area (Å²) in [6, 6.07) is 8.01. The van der Waals surface area contributed by atoms with Crippen LogP contribution in [0.25, 0.3) is 0 Å². The molecule has 1 saturated carbocycles. The largest absolute Gasteiger partial charge is 0.359 e. The Hall–Kier alpha value is -1.62. The van der Waals surface area contributed by atoms with Crippen molar-refractivity contribution in [3.8, 4) is 0 Å². The van der Waals surface area contributed by atoms with Crippen LogP contribution in [0.15, 0.2) is 24.3 Å². The Kier molecular flexibility index (Phi) is 7.03. The number of amides is 1. The van der Waals surface area contributed by atoms with Crippen molar-refractivity contribution in [1.29, 1.82) is 0 Å². The molecule has 1 fully saturated rings. The van der Waals surface area contributed by atoms with Gasteiger partial charge < -0.3 is 15.5 Å². The third-order valence-electron chi connectivity index (χ3n) is 4.85. The van der Waals surface area contributed by atoms with Crippen molar-refractivity contribution in [3.63, 3.8) is 0 Å². The first kappa shape index (κ1) is 18.7. The summed E-state index contributed by atoms with van der Waals surface area (Å²) >= 11 is 5.46. The highest BCUT2D eigenvalue weighted by Crippen LogP contribution is 2.23. The highest BCUT2D eigenvalue weighted by atomic mass is 32.1. The number of nitrogens with one attached hydrogen (secondary N) is 2. The fraction of sp³-hybridized carbons (Fsp3) is 0.579. The van der Waals surface area contributed by atoms with E-state index in [1.165, 1.54) is 25.7 Å². The molecule has 2 rings (SSSR count). The minimum atomic E-state index is 0.0587. The van der Waals surface area contributed by atoms with E-state index in [1.54, 1.807) is 0 Å². The number of benzene rings is 1. The molecule has 0 bridgehead atoms. The molecule has 1 amide bonds. The average molecular weight is 348 g/mol. The summed E-state index contributed by atoms with van der Waals surface area (Å²) in [7, 11) is 0. The lowest BCUT2D eigenvalue weighted by molar-refractivity contribution is 0.0773. The minimum absolute atomic E-state index is 0.0587. The molecule has 1 aromatic rings. The summed E-state index contributed by atoms with van der Waals surface area (Å²) < 4.78 is 0. The molecule has 0 heterocycles. The second-order valence-electron chi connectivity index (χ2n) is 6.52. The van der Waals surface area contributed by atoms with Crippen molar-refractivity contribution in [2.45, 2.75) is 52.5 Å². The number of hydrogen-bond acceptors (Lipinski definition) is 2. The Morgan fingerprint density at radius 1 is 1.25 bits per heavy atom. The second-order valence-corrected chi connectivity index (χ2v) is 6.93. The molecule has 5 heteroatoms. The molecule has 2 atom stereocenters. The van der Waals surface area contributed by atoms with Gasteiger partial charge in [0, 0.05) is 30.4 Å². The maximum Gasteiger partial charge on any atom is 0.253 e. The molecule has 0 radical (unpaired) electrons. The van der Waals surface area contributed by atoms with Gasteiger partial charge in [-0.1, -0.05) is 25.8 Å². The Labute approximate surface area is 151 Å². The quantitative estimate of drug-likeness (QED) is 0.789. The molecule has 0 aromatic heterocycles. The van der Waals surface area contributed by atoms with E-state index in [0.29, 0.717) is 35.7 Å². The van der Waals surface area contributed by atoms with E-state index < -0.39 is 0 Å². The molecular formula is C19H29N3OS. The van der Waals surface area contributed by atoms with Crippen molar-refractivity contribution >= 4 is 28.9 Å². The summed E-state index contributed by atoms with van der Waals surface area (Å²) in [4.78, 5) is 14.3. The highest BCUT2D eigenvalue weighted by Gasteiger charge is 2.21. The first-order valence-electron chi connectivity index (χ1n) is 9.02. The van der Waals surface area contributed by atoms with Gasteiger partial charge in [-0.15, -0.1) is 0 Å². The number of hydrogen-bond donors (Lipinski definition) is 2. The monoisotopic (exact) mass is 347 g/mol. The van der Waals surface area contributed by atoms with Crippen molar-refractivity contribution in [3.05, 3.63) is 29.8 Å². The number of nitrogens with zero attached hydrogens (tertiary/aromatic N) is 1. The van der Waals surface area contributed by atoms with Crippen molar-refractivity contribution < 1.29 is 4.79 Å². The fourth-order valence-corrected chi connectivity index (χ4v) is 3.56. The Morgan fingerprint density at radius 2 is 1.96 bits per heavy atom. The van der Waals surface area contributed by atoms with Crippen LogP contribution in [0, 0.1) is 5.92 Å². The predicted molar refractivity (Wildman–Crippen MR) is 104 cm³/mol. The van der Waals surface area contributed by atoms with Gasteiger partial charge in [0.2, 0.25) is 0 Å². The van der Waals surface area contributed by atoms with Gasteiger partial charge in [-0.2, -0.15) is 0 Å². The standard InChI is InChI=1S/C19H29N3OS/c1-4-22(5-2)18(23)15-10-8-11-16(13-15)20-19(24)21-17-12-7-6-9-14(17)3/h8,10-11,13-14,17H,4-7,9,12H2,1-3H3,(H2,20,21,24)/t14-,17+/m1/s1. The highest BCUT2D eigenvalue weighted by molar-refractivity contribution is 7.80. The minimum Gasteiger partial charge on any atom is -0.359 e. The van der Waals surface area contributed by atoms with Gasteiger partial charge in [-0.25, -0.2) is 0 Å². The third-order valence-corrected chi connectivity index (χ3v) is 5.07. The zero-order valence-electron chi connectivity index (χ0n) is 15.0. The summed E-state index contributed by atoms with van der Waals surface area (Å²) in [6.45, 7) is 7.70. The summed E-state index contributed by atoms with van der Waals surface area (Å²) in [6.07, 6.45) is 5.01. The Morgan fingerprint density at radius 3 is 2.62 bits per heavy atom. The van der Waals surface area contributed by atoms with E-state index in [0.717, 1.165) is 5.69 Å². The number of anilines is 1. The van der Waals surface area contributed by atoms with Crippen LogP contribution in [-0.2, 0) is 0 Å². The molecule has 1 aromatic carbocycles. The van der Waals surface area contributed by atoms with Crippen LogP contribution in [0.1, 0.15) is 56.8 Å². The summed E-state index contributed by atoms with van der Waals surface area (Å²) in [5, 5.41) is 7.31. The normalized spacial score (nSPS) is 20.3. The van der Waals surface area contributed by atoms with E-state index >= 15 is 0 Å². The van der Waals surface area contributed by atoms with Gasteiger partial charge in [0.05, 0.1) is 0 Å².